The van der Waals surface area contributed by atoms with Crippen LogP contribution in [0.15, 0.2) is 30.3 Å². The van der Waals surface area contributed by atoms with Gasteiger partial charge in [0.05, 0.1) is 18.2 Å². The molecule has 0 amide bonds. The zero-order chi connectivity index (χ0) is 12.6. The van der Waals surface area contributed by atoms with Gasteiger partial charge in [-0.3, -0.25) is 0 Å². The SMILES string of the molecule is CC1(C)CCC2OCCNC2(c2ccccc2)C1.Cl. The van der Waals surface area contributed by atoms with Gasteiger partial charge in [0.1, 0.15) is 0 Å². The fourth-order valence-electron chi connectivity index (χ4n) is 3.73. The molecule has 3 rings (SSSR count). The molecule has 1 saturated carbocycles. The van der Waals surface area contributed by atoms with Gasteiger partial charge in [-0.25, -0.2) is 0 Å². The number of benzene rings is 1. The molecule has 2 fully saturated rings. The second-order valence-electron chi connectivity index (χ2n) is 6.50. The average Bonchev–Trinajstić information content (AvgIpc) is 2.38. The van der Waals surface area contributed by atoms with E-state index < -0.39 is 0 Å². The second-order valence-corrected chi connectivity index (χ2v) is 6.50. The lowest BCUT2D eigenvalue weighted by molar-refractivity contribution is -0.100. The molecule has 1 aliphatic heterocycles. The molecule has 2 atom stereocenters. The van der Waals surface area contributed by atoms with Gasteiger partial charge in [0, 0.05) is 6.54 Å². The first-order valence-electron chi connectivity index (χ1n) is 7.05. The van der Waals surface area contributed by atoms with E-state index in [0.29, 0.717) is 11.5 Å². The zero-order valence-corrected chi connectivity index (χ0v) is 12.6. The number of ether oxygens (including phenoxy) is 1. The molecule has 1 aromatic carbocycles. The lowest BCUT2D eigenvalue weighted by Crippen LogP contribution is -2.61. The van der Waals surface area contributed by atoms with E-state index in [1.165, 1.54) is 12.0 Å². The number of hydrogen-bond donors (Lipinski definition) is 1. The Bertz CT molecular complexity index is 420. The normalized spacial score (nSPS) is 33.1. The van der Waals surface area contributed by atoms with Crippen molar-refractivity contribution >= 4 is 12.4 Å². The highest BCUT2D eigenvalue weighted by Crippen LogP contribution is 2.48. The molecule has 2 nitrogen and oxygen atoms in total. The third-order valence-electron chi connectivity index (χ3n) is 4.54. The van der Waals surface area contributed by atoms with Crippen LogP contribution in [0.25, 0.3) is 0 Å². The van der Waals surface area contributed by atoms with E-state index >= 15 is 0 Å². The number of fused-ring (bicyclic) bond motifs is 1. The van der Waals surface area contributed by atoms with E-state index in [2.05, 4.69) is 49.5 Å². The Morgan fingerprint density at radius 3 is 2.68 bits per heavy atom. The molecule has 0 radical (unpaired) electrons. The van der Waals surface area contributed by atoms with Gasteiger partial charge in [-0.05, 0) is 30.2 Å². The van der Waals surface area contributed by atoms with Gasteiger partial charge in [-0.1, -0.05) is 44.2 Å². The molecule has 0 aromatic heterocycles. The van der Waals surface area contributed by atoms with Crippen LogP contribution in [0.3, 0.4) is 0 Å². The molecular weight excluding hydrogens is 258 g/mol. The summed E-state index contributed by atoms with van der Waals surface area (Å²) >= 11 is 0. The quantitative estimate of drug-likeness (QED) is 0.851. The van der Waals surface area contributed by atoms with Crippen LogP contribution >= 0.6 is 12.4 Å². The van der Waals surface area contributed by atoms with Crippen LogP contribution < -0.4 is 5.32 Å². The van der Waals surface area contributed by atoms with E-state index in [-0.39, 0.29) is 17.9 Å². The van der Waals surface area contributed by atoms with Crippen molar-refractivity contribution in [3.8, 4) is 0 Å². The van der Waals surface area contributed by atoms with E-state index in [9.17, 15) is 0 Å². The predicted molar refractivity (Wildman–Crippen MR) is 80.7 cm³/mol. The Balaban J connectivity index is 0.00000133. The Kier molecular flexibility index (Phi) is 4.24. The molecule has 1 aliphatic carbocycles. The highest BCUT2D eigenvalue weighted by molar-refractivity contribution is 5.85. The lowest BCUT2D eigenvalue weighted by Gasteiger charge is -2.53. The van der Waals surface area contributed by atoms with Crippen molar-refractivity contribution in [3.05, 3.63) is 35.9 Å². The predicted octanol–water partition coefficient (Wildman–Crippen LogP) is 3.50. The number of morpholine rings is 1. The molecule has 2 unspecified atom stereocenters. The Morgan fingerprint density at radius 1 is 1.21 bits per heavy atom. The van der Waals surface area contributed by atoms with Crippen LogP contribution in [0.4, 0.5) is 0 Å². The minimum atomic E-state index is 0. The summed E-state index contributed by atoms with van der Waals surface area (Å²) in [5.74, 6) is 0. The minimum absolute atomic E-state index is 0. The van der Waals surface area contributed by atoms with Crippen LogP contribution in [0.1, 0.15) is 38.7 Å². The van der Waals surface area contributed by atoms with Crippen LogP contribution in [-0.2, 0) is 10.3 Å². The van der Waals surface area contributed by atoms with Gasteiger partial charge in [0.25, 0.3) is 0 Å². The van der Waals surface area contributed by atoms with Crippen molar-refractivity contribution in [1.82, 2.24) is 5.32 Å². The molecule has 2 aliphatic rings. The summed E-state index contributed by atoms with van der Waals surface area (Å²) in [7, 11) is 0. The summed E-state index contributed by atoms with van der Waals surface area (Å²) in [4.78, 5) is 0. The Morgan fingerprint density at radius 2 is 1.95 bits per heavy atom. The molecule has 106 valence electrons. The molecule has 1 N–H and O–H groups in total. The summed E-state index contributed by atoms with van der Waals surface area (Å²) in [6.07, 6.45) is 3.92. The third kappa shape index (κ3) is 2.67. The molecule has 0 bridgehead atoms. The van der Waals surface area contributed by atoms with E-state index in [0.717, 1.165) is 26.0 Å². The van der Waals surface area contributed by atoms with Gasteiger partial charge >= 0.3 is 0 Å². The monoisotopic (exact) mass is 281 g/mol. The van der Waals surface area contributed by atoms with Crippen molar-refractivity contribution in [3.63, 3.8) is 0 Å². The fraction of sp³-hybridized carbons (Fsp3) is 0.625. The van der Waals surface area contributed by atoms with E-state index in [1.54, 1.807) is 0 Å². The first-order chi connectivity index (χ1) is 8.62. The summed E-state index contributed by atoms with van der Waals surface area (Å²) in [5.41, 5.74) is 1.81. The Hall–Kier alpha value is -0.570. The molecular formula is C16H24ClNO. The summed E-state index contributed by atoms with van der Waals surface area (Å²) < 4.78 is 6.07. The zero-order valence-electron chi connectivity index (χ0n) is 11.8. The average molecular weight is 282 g/mol. The van der Waals surface area contributed by atoms with Gasteiger partial charge in [-0.2, -0.15) is 0 Å². The topological polar surface area (TPSA) is 21.3 Å². The van der Waals surface area contributed by atoms with Crippen LogP contribution in [0, 0.1) is 5.41 Å². The highest BCUT2D eigenvalue weighted by atomic mass is 35.5. The maximum absolute atomic E-state index is 6.07. The van der Waals surface area contributed by atoms with Gasteiger partial charge in [-0.15, -0.1) is 12.4 Å². The fourth-order valence-corrected chi connectivity index (χ4v) is 3.73. The maximum atomic E-state index is 6.07. The van der Waals surface area contributed by atoms with E-state index in [4.69, 9.17) is 4.74 Å². The maximum Gasteiger partial charge on any atom is 0.0799 e. The molecule has 1 heterocycles. The minimum Gasteiger partial charge on any atom is -0.375 e. The summed E-state index contributed by atoms with van der Waals surface area (Å²) in [6.45, 7) is 6.57. The van der Waals surface area contributed by atoms with Crippen LogP contribution in [0.5, 0.6) is 0 Å². The standard InChI is InChI=1S/C16H23NO.ClH/c1-15(2)9-8-14-16(12-15,17-10-11-18-14)13-6-4-3-5-7-13;/h3-7,14,17H,8-12H2,1-2H3;1H. The summed E-state index contributed by atoms with van der Waals surface area (Å²) in [6, 6.07) is 10.9. The first-order valence-corrected chi connectivity index (χ1v) is 7.05. The third-order valence-corrected chi connectivity index (χ3v) is 4.54. The molecule has 19 heavy (non-hydrogen) atoms. The van der Waals surface area contributed by atoms with Gasteiger partial charge in [0.15, 0.2) is 0 Å². The molecule has 1 saturated heterocycles. The van der Waals surface area contributed by atoms with Gasteiger partial charge < -0.3 is 10.1 Å². The number of nitrogens with one attached hydrogen (secondary N) is 1. The lowest BCUT2D eigenvalue weighted by atomic mass is 9.63. The molecule has 1 aromatic rings. The van der Waals surface area contributed by atoms with Crippen molar-refractivity contribution < 1.29 is 4.74 Å². The number of halogens is 1. The number of hydrogen-bond acceptors (Lipinski definition) is 2. The summed E-state index contributed by atoms with van der Waals surface area (Å²) in [5, 5.41) is 3.78. The van der Waals surface area contributed by atoms with Crippen LogP contribution in [0.2, 0.25) is 0 Å². The Labute approximate surface area is 122 Å². The van der Waals surface area contributed by atoms with Crippen molar-refractivity contribution in [2.24, 2.45) is 5.41 Å². The van der Waals surface area contributed by atoms with Gasteiger partial charge in [0.2, 0.25) is 0 Å². The van der Waals surface area contributed by atoms with Crippen molar-refractivity contribution in [2.45, 2.75) is 44.8 Å². The van der Waals surface area contributed by atoms with Crippen LogP contribution in [-0.4, -0.2) is 19.3 Å². The molecule has 0 spiro atoms. The van der Waals surface area contributed by atoms with Crippen molar-refractivity contribution in [1.29, 1.82) is 0 Å². The first kappa shape index (κ1) is 14.8. The smallest absolute Gasteiger partial charge is 0.0799 e. The highest BCUT2D eigenvalue weighted by Gasteiger charge is 2.49. The molecule has 3 heteroatoms. The second kappa shape index (κ2) is 5.43. The largest absolute Gasteiger partial charge is 0.375 e. The van der Waals surface area contributed by atoms with Crippen molar-refractivity contribution in [2.75, 3.05) is 13.2 Å². The number of rotatable bonds is 1. The van der Waals surface area contributed by atoms with E-state index in [1.807, 2.05) is 0 Å².